The van der Waals surface area contributed by atoms with Gasteiger partial charge in [-0.2, -0.15) is 4.98 Å². The third-order valence-corrected chi connectivity index (χ3v) is 5.94. The van der Waals surface area contributed by atoms with E-state index < -0.39 is 11.4 Å². The summed E-state index contributed by atoms with van der Waals surface area (Å²) < 4.78 is 24.0. The fraction of sp³-hybridized carbons (Fsp3) is 0.222. The van der Waals surface area contributed by atoms with Crippen LogP contribution in [0.25, 0.3) is 22.5 Å². The van der Waals surface area contributed by atoms with Gasteiger partial charge >= 0.3 is 0 Å². The van der Waals surface area contributed by atoms with Gasteiger partial charge < -0.3 is 19.7 Å². The molecule has 3 heterocycles. The molecular formula is C27H27FN6O2. The highest BCUT2D eigenvalue weighted by molar-refractivity contribution is 5.79. The lowest BCUT2D eigenvalue weighted by Gasteiger charge is -2.19. The van der Waals surface area contributed by atoms with Crippen molar-refractivity contribution in [3.05, 3.63) is 83.8 Å². The van der Waals surface area contributed by atoms with Crippen LogP contribution in [0.4, 0.5) is 16.0 Å². The number of rotatable bonds is 6. The molecule has 2 N–H and O–H groups in total. The van der Waals surface area contributed by atoms with E-state index in [4.69, 9.17) is 4.74 Å². The number of imidazole rings is 1. The number of nitrogens with zero attached hydrogens (tertiary/aromatic N) is 5. The van der Waals surface area contributed by atoms with Gasteiger partial charge in [0.25, 0.3) is 0 Å². The summed E-state index contributed by atoms with van der Waals surface area (Å²) in [6.45, 7) is 7.00. The molecule has 3 aromatic heterocycles. The number of aryl methyl sites for hydroxylation is 2. The van der Waals surface area contributed by atoms with E-state index in [9.17, 15) is 9.50 Å². The average Bonchev–Trinajstić information content (AvgIpc) is 3.43. The number of methoxy groups -OCH3 is 1. The van der Waals surface area contributed by atoms with Crippen LogP contribution in [0, 0.1) is 19.7 Å². The molecule has 0 amide bonds. The molecule has 5 rings (SSSR count). The number of hydrogen-bond acceptors (Lipinski definition) is 6. The highest BCUT2D eigenvalue weighted by Crippen LogP contribution is 2.32. The SMILES string of the molecule is COc1cc(Nc2nc3c(-c4ccc(C(C)(C)O)c(F)c4)cc(C)cn3n2)ccc1-n1cnc(C)c1. The molecular weight excluding hydrogens is 459 g/mol. The Hall–Kier alpha value is -4.24. The van der Waals surface area contributed by atoms with E-state index in [1.165, 1.54) is 6.07 Å². The van der Waals surface area contributed by atoms with E-state index in [0.29, 0.717) is 22.9 Å². The van der Waals surface area contributed by atoms with Crippen molar-refractivity contribution >= 4 is 17.3 Å². The predicted octanol–water partition coefficient (Wildman–Crippen LogP) is 5.32. The Labute approximate surface area is 208 Å². The van der Waals surface area contributed by atoms with Gasteiger partial charge in [0, 0.05) is 35.3 Å². The van der Waals surface area contributed by atoms with Gasteiger partial charge in [-0.3, -0.25) is 0 Å². The fourth-order valence-electron chi connectivity index (χ4n) is 4.21. The maximum absolute atomic E-state index is 14.8. The van der Waals surface area contributed by atoms with Crippen LogP contribution in [0.1, 0.15) is 30.7 Å². The van der Waals surface area contributed by atoms with E-state index in [-0.39, 0.29) is 5.56 Å². The van der Waals surface area contributed by atoms with Crippen LogP contribution in [-0.2, 0) is 5.60 Å². The number of aromatic nitrogens is 5. The van der Waals surface area contributed by atoms with E-state index >= 15 is 0 Å². The Morgan fingerprint density at radius 2 is 1.86 bits per heavy atom. The van der Waals surface area contributed by atoms with Crippen molar-refractivity contribution in [1.29, 1.82) is 0 Å². The van der Waals surface area contributed by atoms with Crippen molar-refractivity contribution in [3.63, 3.8) is 0 Å². The Morgan fingerprint density at radius 3 is 2.53 bits per heavy atom. The molecule has 2 aromatic carbocycles. The first kappa shape index (κ1) is 23.5. The first-order chi connectivity index (χ1) is 17.1. The molecule has 184 valence electrons. The van der Waals surface area contributed by atoms with Gasteiger partial charge in [-0.25, -0.2) is 13.9 Å². The van der Waals surface area contributed by atoms with Crippen molar-refractivity contribution in [2.75, 3.05) is 12.4 Å². The molecule has 0 fully saturated rings. The summed E-state index contributed by atoms with van der Waals surface area (Å²) in [7, 11) is 1.62. The Bertz CT molecular complexity index is 1580. The maximum Gasteiger partial charge on any atom is 0.247 e. The summed E-state index contributed by atoms with van der Waals surface area (Å²) in [5.41, 5.74) is 4.40. The van der Waals surface area contributed by atoms with Gasteiger partial charge in [-0.15, -0.1) is 5.10 Å². The normalized spacial score (nSPS) is 11.8. The highest BCUT2D eigenvalue weighted by atomic mass is 19.1. The van der Waals surface area contributed by atoms with Crippen molar-refractivity contribution < 1.29 is 14.2 Å². The topological polar surface area (TPSA) is 89.5 Å². The second-order valence-corrected chi connectivity index (χ2v) is 9.32. The van der Waals surface area contributed by atoms with Crippen molar-refractivity contribution in [2.24, 2.45) is 0 Å². The fourth-order valence-corrected chi connectivity index (χ4v) is 4.21. The van der Waals surface area contributed by atoms with E-state index in [0.717, 1.165) is 28.2 Å². The lowest BCUT2D eigenvalue weighted by atomic mass is 9.95. The second kappa shape index (κ2) is 8.76. The van der Waals surface area contributed by atoms with Gasteiger partial charge in [0.05, 0.1) is 30.4 Å². The third kappa shape index (κ3) is 4.40. The summed E-state index contributed by atoms with van der Waals surface area (Å²) in [6.07, 6.45) is 5.53. The van der Waals surface area contributed by atoms with Gasteiger partial charge in [0.1, 0.15) is 11.6 Å². The summed E-state index contributed by atoms with van der Waals surface area (Å²) in [4.78, 5) is 8.96. The monoisotopic (exact) mass is 486 g/mol. The van der Waals surface area contributed by atoms with Gasteiger partial charge in [0.15, 0.2) is 5.65 Å². The molecule has 9 heteroatoms. The molecule has 0 aliphatic heterocycles. The zero-order chi connectivity index (χ0) is 25.6. The van der Waals surface area contributed by atoms with Crippen LogP contribution in [-0.4, -0.2) is 36.4 Å². The molecule has 0 aliphatic rings. The molecule has 8 nitrogen and oxygen atoms in total. The van der Waals surface area contributed by atoms with Gasteiger partial charge in [-0.05, 0) is 63.1 Å². The number of fused-ring (bicyclic) bond motifs is 1. The Morgan fingerprint density at radius 1 is 1.06 bits per heavy atom. The number of aliphatic hydroxyl groups is 1. The molecule has 0 saturated heterocycles. The predicted molar refractivity (Wildman–Crippen MR) is 136 cm³/mol. The first-order valence-corrected chi connectivity index (χ1v) is 11.5. The molecule has 0 spiro atoms. The van der Waals surface area contributed by atoms with Crippen molar-refractivity contribution in [3.8, 4) is 22.6 Å². The van der Waals surface area contributed by atoms with Crippen LogP contribution in [0.5, 0.6) is 5.75 Å². The van der Waals surface area contributed by atoms with Crippen LogP contribution >= 0.6 is 0 Å². The second-order valence-electron chi connectivity index (χ2n) is 9.32. The lowest BCUT2D eigenvalue weighted by molar-refractivity contribution is 0.0746. The number of ether oxygens (including phenoxy) is 1. The van der Waals surface area contributed by atoms with E-state index in [2.05, 4.69) is 20.4 Å². The standard InChI is InChI=1S/C27H27FN6O2/c1-16-10-20(18-6-8-21(22(28)11-18)27(3,4)35)25-31-26(32-34(25)13-16)30-19-7-9-23(24(12-19)36-5)33-14-17(2)29-15-33/h6-15,35H,1-5H3,(H,30,32). The third-order valence-electron chi connectivity index (χ3n) is 5.94. The van der Waals surface area contributed by atoms with Crippen LogP contribution in [0.3, 0.4) is 0 Å². The van der Waals surface area contributed by atoms with Gasteiger partial charge in [0.2, 0.25) is 5.95 Å². The van der Waals surface area contributed by atoms with E-state index in [1.807, 2.05) is 55.1 Å². The minimum absolute atomic E-state index is 0.238. The largest absolute Gasteiger partial charge is 0.494 e. The lowest BCUT2D eigenvalue weighted by Crippen LogP contribution is -2.17. The number of pyridine rings is 1. The Balaban J connectivity index is 1.51. The minimum Gasteiger partial charge on any atom is -0.494 e. The molecule has 5 aromatic rings. The molecule has 36 heavy (non-hydrogen) atoms. The smallest absolute Gasteiger partial charge is 0.247 e. The molecule has 0 aliphatic carbocycles. The average molecular weight is 487 g/mol. The summed E-state index contributed by atoms with van der Waals surface area (Å²) >= 11 is 0. The Kier molecular flexibility index (Phi) is 5.72. The zero-order valence-corrected chi connectivity index (χ0v) is 20.7. The molecule has 0 unspecified atom stereocenters. The van der Waals surface area contributed by atoms with Gasteiger partial charge in [-0.1, -0.05) is 12.1 Å². The van der Waals surface area contributed by atoms with Crippen molar-refractivity contribution in [2.45, 2.75) is 33.3 Å². The minimum atomic E-state index is -1.27. The maximum atomic E-state index is 14.8. The summed E-state index contributed by atoms with van der Waals surface area (Å²) in [6, 6.07) is 12.5. The summed E-state index contributed by atoms with van der Waals surface area (Å²) in [5.74, 6) is 0.585. The number of nitrogens with one attached hydrogen (secondary N) is 1. The molecule has 0 saturated carbocycles. The quantitative estimate of drug-likeness (QED) is 0.338. The van der Waals surface area contributed by atoms with Crippen LogP contribution in [0.15, 0.2) is 61.2 Å². The number of hydrogen-bond donors (Lipinski definition) is 2. The molecule has 0 radical (unpaired) electrons. The number of anilines is 2. The molecule has 0 bridgehead atoms. The summed E-state index contributed by atoms with van der Waals surface area (Å²) in [5, 5.41) is 18.0. The van der Waals surface area contributed by atoms with Crippen molar-refractivity contribution in [1.82, 2.24) is 24.1 Å². The van der Waals surface area contributed by atoms with E-state index in [1.54, 1.807) is 43.9 Å². The van der Waals surface area contributed by atoms with Crippen LogP contribution in [0.2, 0.25) is 0 Å². The number of benzene rings is 2. The molecule has 0 atom stereocenters. The number of halogens is 1. The zero-order valence-electron chi connectivity index (χ0n) is 20.7. The highest BCUT2D eigenvalue weighted by Gasteiger charge is 2.21. The first-order valence-electron chi connectivity index (χ1n) is 11.5. The van der Waals surface area contributed by atoms with Crippen LogP contribution < -0.4 is 10.1 Å².